The minimum absolute atomic E-state index is 0.0423. The molecular weight excluding hydrogens is 294 g/mol. The molecule has 3 heterocycles. The van der Waals surface area contributed by atoms with E-state index in [0.717, 1.165) is 19.5 Å². The monoisotopic (exact) mass is 319 g/mol. The highest BCUT2D eigenvalue weighted by Crippen LogP contribution is 2.24. The van der Waals surface area contributed by atoms with E-state index in [1.54, 1.807) is 12.4 Å². The molecule has 0 radical (unpaired) electrons. The van der Waals surface area contributed by atoms with Crippen LogP contribution < -0.4 is 5.32 Å². The lowest BCUT2D eigenvalue weighted by atomic mass is 9.89. The van der Waals surface area contributed by atoms with Crippen molar-refractivity contribution in [2.75, 3.05) is 33.4 Å². The van der Waals surface area contributed by atoms with Gasteiger partial charge in [0.1, 0.15) is 5.60 Å². The van der Waals surface area contributed by atoms with Crippen LogP contribution in [0.1, 0.15) is 18.4 Å². The Morgan fingerprint density at radius 2 is 2.09 bits per heavy atom. The SMILES string of the molecule is CN1CCC(O)(C(=O)NC2COCC2Cc2ccncc2)CC1. The molecule has 1 aromatic heterocycles. The number of ether oxygens (including phenoxy) is 1. The molecule has 2 unspecified atom stereocenters. The molecule has 126 valence electrons. The van der Waals surface area contributed by atoms with E-state index in [0.29, 0.717) is 26.1 Å². The number of nitrogens with one attached hydrogen (secondary N) is 1. The van der Waals surface area contributed by atoms with Crippen LogP contribution in [-0.2, 0) is 16.0 Å². The van der Waals surface area contributed by atoms with Crippen LogP contribution in [0, 0.1) is 5.92 Å². The van der Waals surface area contributed by atoms with Crippen LogP contribution in [0.5, 0.6) is 0 Å². The molecule has 2 saturated heterocycles. The Morgan fingerprint density at radius 1 is 1.39 bits per heavy atom. The van der Waals surface area contributed by atoms with Crippen molar-refractivity contribution in [1.82, 2.24) is 15.2 Å². The summed E-state index contributed by atoms with van der Waals surface area (Å²) >= 11 is 0. The number of aliphatic hydroxyl groups is 1. The van der Waals surface area contributed by atoms with Gasteiger partial charge in [-0.05, 0) is 44.0 Å². The molecule has 2 N–H and O–H groups in total. The summed E-state index contributed by atoms with van der Waals surface area (Å²) in [4.78, 5) is 18.7. The number of piperidine rings is 1. The molecule has 1 aromatic rings. The van der Waals surface area contributed by atoms with Crippen molar-refractivity contribution in [3.63, 3.8) is 0 Å². The minimum Gasteiger partial charge on any atom is -0.380 e. The molecule has 6 nitrogen and oxygen atoms in total. The Morgan fingerprint density at radius 3 is 2.78 bits per heavy atom. The largest absolute Gasteiger partial charge is 0.380 e. The summed E-state index contributed by atoms with van der Waals surface area (Å²) in [6.45, 7) is 2.63. The van der Waals surface area contributed by atoms with E-state index in [4.69, 9.17) is 4.74 Å². The summed E-state index contributed by atoms with van der Waals surface area (Å²) in [5.74, 6) is -0.0166. The molecule has 0 saturated carbocycles. The van der Waals surface area contributed by atoms with Crippen molar-refractivity contribution in [3.05, 3.63) is 30.1 Å². The first kappa shape index (κ1) is 16.4. The van der Waals surface area contributed by atoms with Gasteiger partial charge in [0.05, 0.1) is 19.3 Å². The van der Waals surface area contributed by atoms with Gasteiger partial charge in [-0.1, -0.05) is 0 Å². The fraction of sp³-hybridized carbons (Fsp3) is 0.647. The fourth-order valence-corrected chi connectivity index (χ4v) is 3.30. The third-order valence-corrected chi connectivity index (χ3v) is 5.00. The lowest BCUT2D eigenvalue weighted by Crippen LogP contribution is -2.56. The number of nitrogens with zero attached hydrogens (tertiary/aromatic N) is 2. The van der Waals surface area contributed by atoms with Crippen LogP contribution in [0.15, 0.2) is 24.5 Å². The highest BCUT2D eigenvalue weighted by atomic mass is 16.5. The van der Waals surface area contributed by atoms with Gasteiger partial charge < -0.3 is 20.1 Å². The van der Waals surface area contributed by atoms with E-state index in [-0.39, 0.29) is 17.9 Å². The number of aromatic nitrogens is 1. The predicted octanol–water partition coefficient (Wildman–Crippen LogP) is 0.212. The topological polar surface area (TPSA) is 74.7 Å². The van der Waals surface area contributed by atoms with Gasteiger partial charge in [-0.3, -0.25) is 9.78 Å². The summed E-state index contributed by atoms with van der Waals surface area (Å²) in [6.07, 6.45) is 5.37. The number of hydrogen-bond donors (Lipinski definition) is 2. The van der Waals surface area contributed by atoms with Gasteiger partial charge >= 0.3 is 0 Å². The maximum absolute atomic E-state index is 12.5. The Bertz CT molecular complexity index is 529. The number of carbonyl (C=O) groups excluding carboxylic acids is 1. The van der Waals surface area contributed by atoms with E-state index >= 15 is 0 Å². The van der Waals surface area contributed by atoms with Crippen molar-refractivity contribution < 1.29 is 14.6 Å². The second-order valence-electron chi connectivity index (χ2n) is 6.77. The number of likely N-dealkylation sites (tertiary alicyclic amines) is 1. The lowest BCUT2D eigenvalue weighted by molar-refractivity contribution is -0.145. The molecule has 1 amide bonds. The summed E-state index contributed by atoms with van der Waals surface area (Å²) in [6, 6.07) is 3.93. The summed E-state index contributed by atoms with van der Waals surface area (Å²) in [5, 5.41) is 13.6. The molecule has 0 bridgehead atoms. The van der Waals surface area contributed by atoms with Crippen LogP contribution in [0.25, 0.3) is 0 Å². The van der Waals surface area contributed by atoms with Crippen molar-refractivity contribution in [2.24, 2.45) is 5.92 Å². The second kappa shape index (κ2) is 6.95. The van der Waals surface area contributed by atoms with Gasteiger partial charge in [-0.25, -0.2) is 0 Å². The summed E-state index contributed by atoms with van der Waals surface area (Å²) in [5.41, 5.74) is -0.0520. The quantitative estimate of drug-likeness (QED) is 0.830. The average Bonchev–Trinajstić information content (AvgIpc) is 2.98. The maximum atomic E-state index is 12.5. The maximum Gasteiger partial charge on any atom is 0.252 e. The number of amides is 1. The number of pyridine rings is 1. The van der Waals surface area contributed by atoms with Crippen LogP contribution in [0.3, 0.4) is 0 Å². The van der Waals surface area contributed by atoms with Gasteiger partial charge in [-0.2, -0.15) is 0 Å². The van der Waals surface area contributed by atoms with Crippen LogP contribution in [-0.4, -0.2) is 65.9 Å². The van der Waals surface area contributed by atoms with Gasteiger partial charge in [0.2, 0.25) is 0 Å². The molecule has 2 aliphatic heterocycles. The molecule has 0 aromatic carbocycles. The smallest absolute Gasteiger partial charge is 0.252 e. The minimum atomic E-state index is -1.24. The van der Waals surface area contributed by atoms with Gasteiger partial charge in [0, 0.05) is 31.4 Å². The zero-order valence-corrected chi connectivity index (χ0v) is 13.6. The molecular formula is C17H25N3O3. The van der Waals surface area contributed by atoms with E-state index in [1.807, 2.05) is 19.2 Å². The summed E-state index contributed by atoms with van der Waals surface area (Å²) < 4.78 is 5.56. The second-order valence-corrected chi connectivity index (χ2v) is 6.77. The molecule has 2 aliphatic rings. The first-order valence-electron chi connectivity index (χ1n) is 8.25. The van der Waals surface area contributed by atoms with E-state index in [2.05, 4.69) is 15.2 Å². The van der Waals surface area contributed by atoms with Crippen LogP contribution in [0.2, 0.25) is 0 Å². The Kier molecular flexibility index (Phi) is 4.94. The molecule has 0 aliphatic carbocycles. The number of carbonyl (C=O) groups is 1. The van der Waals surface area contributed by atoms with Gasteiger partial charge in [-0.15, -0.1) is 0 Å². The summed E-state index contributed by atoms with van der Waals surface area (Å²) in [7, 11) is 2.01. The fourth-order valence-electron chi connectivity index (χ4n) is 3.30. The van der Waals surface area contributed by atoms with Crippen molar-refractivity contribution in [3.8, 4) is 0 Å². The average molecular weight is 319 g/mol. The molecule has 2 fully saturated rings. The van der Waals surface area contributed by atoms with Crippen LogP contribution in [0.4, 0.5) is 0 Å². The van der Waals surface area contributed by atoms with Crippen molar-refractivity contribution in [1.29, 1.82) is 0 Å². The van der Waals surface area contributed by atoms with E-state index in [9.17, 15) is 9.90 Å². The predicted molar refractivity (Wildman–Crippen MR) is 85.9 cm³/mol. The third-order valence-electron chi connectivity index (χ3n) is 5.00. The first-order valence-corrected chi connectivity index (χ1v) is 8.25. The number of rotatable bonds is 4. The first-order chi connectivity index (χ1) is 11.1. The highest BCUT2D eigenvalue weighted by Gasteiger charge is 2.41. The van der Waals surface area contributed by atoms with Crippen molar-refractivity contribution >= 4 is 5.91 Å². The zero-order chi connectivity index (χ0) is 16.3. The third kappa shape index (κ3) is 3.88. The van der Waals surface area contributed by atoms with Crippen LogP contribution >= 0.6 is 0 Å². The van der Waals surface area contributed by atoms with Crippen molar-refractivity contribution in [2.45, 2.75) is 30.9 Å². The molecule has 6 heteroatoms. The highest BCUT2D eigenvalue weighted by molar-refractivity contribution is 5.85. The number of hydrogen-bond acceptors (Lipinski definition) is 5. The van der Waals surface area contributed by atoms with E-state index < -0.39 is 5.60 Å². The van der Waals surface area contributed by atoms with Gasteiger partial charge in [0.15, 0.2) is 0 Å². The normalized spacial score (nSPS) is 27.7. The molecule has 23 heavy (non-hydrogen) atoms. The Hall–Kier alpha value is -1.50. The lowest BCUT2D eigenvalue weighted by Gasteiger charge is -2.36. The standard InChI is InChI=1S/C17H25N3O3/c1-20-8-4-17(22,5-9-20)16(21)19-15-12-23-11-14(15)10-13-2-6-18-7-3-13/h2-3,6-7,14-15,22H,4-5,8-12H2,1H3,(H,19,21). The Balaban J connectivity index is 1.59. The Labute approximate surface area is 136 Å². The zero-order valence-electron chi connectivity index (χ0n) is 13.6. The molecule has 3 rings (SSSR count). The van der Waals surface area contributed by atoms with Gasteiger partial charge in [0.25, 0.3) is 5.91 Å². The molecule has 0 spiro atoms. The molecule has 2 atom stereocenters. The van der Waals surface area contributed by atoms with E-state index in [1.165, 1.54) is 5.56 Å².